The van der Waals surface area contributed by atoms with Gasteiger partial charge < -0.3 is 9.80 Å². The first-order chi connectivity index (χ1) is 10.9. The zero-order valence-corrected chi connectivity index (χ0v) is 14.7. The van der Waals surface area contributed by atoms with Gasteiger partial charge in [-0.1, -0.05) is 18.2 Å². The van der Waals surface area contributed by atoms with Gasteiger partial charge in [0.2, 0.25) is 0 Å². The van der Waals surface area contributed by atoms with Crippen LogP contribution in [0.2, 0.25) is 0 Å². The number of pyridine rings is 1. The molecule has 1 aromatic carbocycles. The van der Waals surface area contributed by atoms with Gasteiger partial charge in [0.1, 0.15) is 0 Å². The van der Waals surface area contributed by atoms with Crippen LogP contribution in [-0.4, -0.2) is 17.7 Å². The molecule has 23 heavy (non-hydrogen) atoms. The molecular weight excluding hydrogens is 282 g/mol. The van der Waals surface area contributed by atoms with Crippen molar-refractivity contribution in [2.45, 2.75) is 52.7 Å². The van der Waals surface area contributed by atoms with Crippen LogP contribution >= 0.6 is 0 Å². The van der Waals surface area contributed by atoms with E-state index in [9.17, 15) is 0 Å². The minimum absolute atomic E-state index is 0.0389. The topological polar surface area (TPSA) is 19.4 Å². The lowest BCUT2D eigenvalue weighted by Crippen LogP contribution is -2.66. The van der Waals surface area contributed by atoms with Crippen molar-refractivity contribution < 1.29 is 0 Å². The van der Waals surface area contributed by atoms with Gasteiger partial charge in [-0.15, -0.1) is 0 Å². The largest absolute Gasteiger partial charge is 0.351 e. The Hall–Kier alpha value is -2.03. The Balaban J connectivity index is 1.95. The van der Waals surface area contributed by atoms with Gasteiger partial charge >= 0.3 is 0 Å². The van der Waals surface area contributed by atoms with E-state index in [1.165, 1.54) is 22.5 Å². The number of aryl methyl sites for hydroxylation is 3. The highest BCUT2D eigenvalue weighted by Gasteiger charge is 2.50. The van der Waals surface area contributed by atoms with Gasteiger partial charge in [-0.3, -0.25) is 4.98 Å². The third kappa shape index (κ3) is 1.85. The molecule has 0 saturated carbocycles. The molecule has 0 spiro atoms. The monoisotopic (exact) mass is 307 g/mol. The Bertz CT molecular complexity index is 759. The SMILES string of the molecule is Cc1cc(C)c(N2C(C)N3CCC2(C)c2ccccc23)c(C)n1. The van der Waals surface area contributed by atoms with Crippen LogP contribution in [0.1, 0.15) is 42.8 Å². The first kappa shape index (κ1) is 14.6. The molecular formula is C20H25N3. The summed E-state index contributed by atoms with van der Waals surface area (Å²) in [7, 11) is 0. The minimum atomic E-state index is 0.0389. The molecule has 0 N–H and O–H groups in total. The van der Waals surface area contributed by atoms with E-state index in [1.54, 1.807) is 0 Å². The molecule has 2 atom stereocenters. The molecule has 5 rings (SSSR count). The summed E-state index contributed by atoms with van der Waals surface area (Å²) in [4.78, 5) is 9.90. The number of anilines is 2. The normalized spacial score (nSPS) is 25.7. The maximum absolute atomic E-state index is 4.75. The van der Waals surface area contributed by atoms with E-state index < -0.39 is 0 Å². The minimum Gasteiger partial charge on any atom is -0.351 e. The van der Waals surface area contributed by atoms with Crippen LogP contribution in [0, 0.1) is 20.8 Å². The average molecular weight is 307 g/mol. The van der Waals surface area contributed by atoms with Crippen molar-refractivity contribution in [2.75, 3.05) is 16.3 Å². The number of hydrogen-bond acceptors (Lipinski definition) is 3. The molecule has 0 amide bonds. The highest BCUT2D eigenvalue weighted by atomic mass is 15.4. The van der Waals surface area contributed by atoms with Gasteiger partial charge in [0, 0.05) is 23.5 Å². The van der Waals surface area contributed by atoms with Crippen LogP contribution in [0.4, 0.5) is 11.4 Å². The van der Waals surface area contributed by atoms with Crippen LogP contribution in [0.25, 0.3) is 0 Å². The summed E-state index contributed by atoms with van der Waals surface area (Å²) in [6.45, 7) is 12.3. The Morgan fingerprint density at radius 3 is 2.65 bits per heavy atom. The zero-order valence-electron chi connectivity index (χ0n) is 14.7. The number of fused-ring (bicyclic) bond motifs is 2. The average Bonchev–Trinajstić information content (AvgIpc) is 2.49. The maximum atomic E-state index is 4.75. The molecule has 2 aromatic rings. The summed E-state index contributed by atoms with van der Waals surface area (Å²) in [5.41, 5.74) is 7.77. The predicted molar refractivity (Wildman–Crippen MR) is 96.1 cm³/mol. The summed E-state index contributed by atoms with van der Waals surface area (Å²) in [6, 6.07) is 11.1. The fraction of sp³-hybridized carbons (Fsp3) is 0.450. The molecule has 2 bridgehead atoms. The molecule has 0 radical (unpaired) electrons. The second-order valence-electron chi connectivity index (χ2n) is 7.25. The summed E-state index contributed by atoms with van der Waals surface area (Å²) in [5, 5.41) is 0. The lowest BCUT2D eigenvalue weighted by atomic mass is 9.77. The number of hydrogen-bond donors (Lipinski definition) is 0. The summed E-state index contributed by atoms with van der Waals surface area (Å²) < 4.78 is 0. The van der Waals surface area contributed by atoms with Crippen LogP contribution < -0.4 is 9.80 Å². The predicted octanol–water partition coefficient (Wildman–Crippen LogP) is 4.30. The molecule has 1 fully saturated rings. The number of rotatable bonds is 1. The first-order valence-electron chi connectivity index (χ1n) is 8.54. The van der Waals surface area contributed by atoms with E-state index in [0.29, 0.717) is 6.17 Å². The van der Waals surface area contributed by atoms with E-state index >= 15 is 0 Å². The van der Waals surface area contributed by atoms with Crippen LogP contribution in [0.3, 0.4) is 0 Å². The molecule has 4 heterocycles. The number of nitrogens with zero attached hydrogens (tertiary/aromatic N) is 3. The molecule has 3 heteroatoms. The quantitative estimate of drug-likeness (QED) is 0.783. The van der Waals surface area contributed by atoms with E-state index in [2.05, 4.69) is 74.8 Å². The Kier molecular flexibility index (Phi) is 2.99. The third-order valence-electron chi connectivity index (χ3n) is 5.72. The van der Waals surface area contributed by atoms with Crippen LogP contribution in [0.5, 0.6) is 0 Å². The van der Waals surface area contributed by atoms with Crippen molar-refractivity contribution >= 4 is 11.4 Å². The highest BCUT2D eigenvalue weighted by Crippen LogP contribution is 2.51. The molecule has 3 aliphatic rings. The van der Waals surface area contributed by atoms with Crippen molar-refractivity contribution in [1.82, 2.24) is 4.98 Å². The van der Waals surface area contributed by atoms with Gasteiger partial charge in [-0.2, -0.15) is 0 Å². The molecule has 0 aliphatic carbocycles. The van der Waals surface area contributed by atoms with E-state index in [-0.39, 0.29) is 5.54 Å². The van der Waals surface area contributed by atoms with E-state index in [1.807, 2.05) is 0 Å². The van der Waals surface area contributed by atoms with E-state index in [4.69, 9.17) is 4.98 Å². The molecule has 1 saturated heterocycles. The van der Waals surface area contributed by atoms with Gasteiger partial charge in [0.05, 0.1) is 23.1 Å². The molecule has 1 aromatic heterocycles. The molecule has 3 aliphatic heterocycles. The van der Waals surface area contributed by atoms with Crippen LogP contribution in [-0.2, 0) is 5.54 Å². The molecule has 2 unspecified atom stereocenters. The smallest absolute Gasteiger partial charge is 0.0995 e. The van der Waals surface area contributed by atoms with E-state index in [0.717, 1.165) is 24.4 Å². The number of aromatic nitrogens is 1. The standard InChI is InChI=1S/C20H25N3/c1-13-12-14(2)21-15(3)19(13)23-16(4)22-11-10-20(23,5)17-8-6-7-9-18(17)22/h6-9,12,16H,10-11H2,1-5H3. The third-order valence-corrected chi connectivity index (χ3v) is 5.72. The van der Waals surface area contributed by atoms with Crippen molar-refractivity contribution in [1.29, 1.82) is 0 Å². The lowest BCUT2D eigenvalue weighted by molar-refractivity contribution is 0.293. The second kappa shape index (κ2) is 4.73. The van der Waals surface area contributed by atoms with Crippen molar-refractivity contribution in [3.8, 4) is 0 Å². The second-order valence-corrected chi connectivity index (χ2v) is 7.25. The van der Waals surface area contributed by atoms with Crippen molar-refractivity contribution in [3.63, 3.8) is 0 Å². The summed E-state index contributed by atoms with van der Waals surface area (Å²) in [5.74, 6) is 0. The zero-order chi connectivity index (χ0) is 16.4. The number of para-hydroxylation sites is 1. The summed E-state index contributed by atoms with van der Waals surface area (Å²) >= 11 is 0. The Morgan fingerprint density at radius 2 is 1.91 bits per heavy atom. The van der Waals surface area contributed by atoms with Gasteiger partial charge in [-0.05, 0) is 58.7 Å². The summed E-state index contributed by atoms with van der Waals surface area (Å²) in [6.07, 6.45) is 1.51. The first-order valence-corrected chi connectivity index (χ1v) is 8.54. The fourth-order valence-corrected chi connectivity index (χ4v) is 4.78. The number of benzene rings is 1. The van der Waals surface area contributed by atoms with Gasteiger partial charge in [-0.25, -0.2) is 0 Å². The highest BCUT2D eigenvalue weighted by molar-refractivity contribution is 5.71. The van der Waals surface area contributed by atoms with Gasteiger partial charge in [0.15, 0.2) is 0 Å². The van der Waals surface area contributed by atoms with Crippen molar-refractivity contribution in [3.05, 3.63) is 52.8 Å². The fourth-order valence-electron chi connectivity index (χ4n) is 4.78. The van der Waals surface area contributed by atoms with Crippen molar-refractivity contribution in [2.24, 2.45) is 0 Å². The Morgan fingerprint density at radius 1 is 1.17 bits per heavy atom. The maximum Gasteiger partial charge on any atom is 0.0995 e. The molecule has 120 valence electrons. The van der Waals surface area contributed by atoms with Gasteiger partial charge in [0.25, 0.3) is 0 Å². The lowest BCUT2D eigenvalue weighted by Gasteiger charge is -2.61. The molecule has 3 nitrogen and oxygen atoms in total. The Labute approximate surface area is 139 Å². The van der Waals surface area contributed by atoms with Crippen LogP contribution in [0.15, 0.2) is 30.3 Å².